The molecule has 2 aromatic rings. The van der Waals surface area contributed by atoms with E-state index in [1.165, 1.54) is 28.2 Å². The molecular weight excluding hydrogens is 392 g/mol. The number of rotatable bonds is 6. The summed E-state index contributed by atoms with van der Waals surface area (Å²) in [6.45, 7) is 1.14. The molecule has 0 bridgehead atoms. The number of carbonyl (C=O) groups excluding carboxylic acids is 1. The van der Waals surface area contributed by atoms with Crippen molar-refractivity contribution in [3.8, 4) is 0 Å². The fourth-order valence-corrected chi connectivity index (χ4v) is 5.25. The van der Waals surface area contributed by atoms with Gasteiger partial charge in [-0.1, -0.05) is 23.7 Å². The van der Waals surface area contributed by atoms with Gasteiger partial charge in [0.15, 0.2) is 0 Å². The van der Waals surface area contributed by atoms with Gasteiger partial charge in [0.1, 0.15) is 0 Å². The van der Waals surface area contributed by atoms with Crippen LogP contribution in [0.2, 0.25) is 5.02 Å². The predicted octanol–water partition coefficient (Wildman–Crippen LogP) is 3.86. The Bertz CT molecular complexity index is 880. The van der Waals surface area contributed by atoms with Crippen LogP contribution >= 0.6 is 23.4 Å². The molecule has 8 heteroatoms. The normalized spacial score (nSPS) is 15.1. The summed E-state index contributed by atoms with van der Waals surface area (Å²) < 4.78 is 26.5. The van der Waals surface area contributed by atoms with E-state index in [0.29, 0.717) is 23.8 Å². The number of halogens is 1. The van der Waals surface area contributed by atoms with Crippen molar-refractivity contribution < 1.29 is 13.2 Å². The second-order valence-electron chi connectivity index (χ2n) is 5.90. The smallest absolute Gasteiger partial charge is 0.243 e. The van der Waals surface area contributed by atoms with Crippen LogP contribution in [0.25, 0.3) is 0 Å². The standard InChI is InChI=1S/C18H19ClN2O3S2/c19-16-5-1-2-6-17(16)25-13-18(22)20-14-7-9-15(10-8-14)26(23,24)21-11-3-4-12-21/h1-2,5-10H,3-4,11-13H2,(H,20,22). The van der Waals surface area contributed by atoms with Crippen molar-refractivity contribution in [2.75, 3.05) is 24.2 Å². The highest BCUT2D eigenvalue weighted by Gasteiger charge is 2.26. The maximum Gasteiger partial charge on any atom is 0.243 e. The maximum atomic E-state index is 12.5. The number of sulfonamides is 1. The summed E-state index contributed by atoms with van der Waals surface area (Å²) in [4.78, 5) is 13.2. The van der Waals surface area contributed by atoms with Crippen molar-refractivity contribution in [1.82, 2.24) is 4.31 Å². The lowest BCUT2D eigenvalue weighted by atomic mass is 10.3. The molecule has 0 aliphatic carbocycles. The minimum absolute atomic E-state index is 0.176. The molecule has 26 heavy (non-hydrogen) atoms. The Hall–Kier alpha value is -1.54. The number of hydrogen-bond acceptors (Lipinski definition) is 4. The van der Waals surface area contributed by atoms with Gasteiger partial charge < -0.3 is 5.32 Å². The van der Waals surface area contributed by atoms with Crippen molar-refractivity contribution in [1.29, 1.82) is 0 Å². The largest absolute Gasteiger partial charge is 0.325 e. The number of amides is 1. The Morgan fingerprint density at radius 2 is 1.73 bits per heavy atom. The van der Waals surface area contributed by atoms with Crippen LogP contribution in [0.5, 0.6) is 0 Å². The van der Waals surface area contributed by atoms with Crippen molar-refractivity contribution >= 4 is 45.0 Å². The van der Waals surface area contributed by atoms with E-state index in [1.54, 1.807) is 18.2 Å². The molecule has 0 atom stereocenters. The average Bonchev–Trinajstić information content (AvgIpc) is 3.17. The fourth-order valence-electron chi connectivity index (χ4n) is 2.69. The molecule has 138 valence electrons. The van der Waals surface area contributed by atoms with Crippen LogP contribution in [0.3, 0.4) is 0 Å². The highest BCUT2D eigenvalue weighted by atomic mass is 35.5. The Kier molecular flexibility index (Phi) is 6.24. The zero-order valence-electron chi connectivity index (χ0n) is 14.0. The number of carbonyl (C=O) groups is 1. The number of anilines is 1. The Morgan fingerprint density at radius 3 is 2.38 bits per heavy atom. The second-order valence-corrected chi connectivity index (χ2v) is 9.27. The molecule has 0 spiro atoms. The number of nitrogens with zero attached hydrogens (tertiary/aromatic N) is 1. The Balaban J connectivity index is 1.58. The maximum absolute atomic E-state index is 12.5. The lowest BCUT2D eigenvalue weighted by Crippen LogP contribution is -2.27. The quantitative estimate of drug-likeness (QED) is 0.734. The van der Waals surface area contributed by atoms with E-state index in [4.69, 9.17) is 11.6 Å². The minimum Gasteiger partial charge on any atom is -0.325 e. The molecule has 2 aromatic carbocycles. The van der Waals surface area contributed by atoms with Gasteiger partial charge in [-0.2, -0.15) is 4.31 Å². The molecule has 1 aliphatic heterocycles. The number of thioether (sulfide) groups is 1. The molecule has 5 nitrogen and oxygen atoms in total. The van der Waals surface area contributed by atoms with E-state index in [0.717, 1.165) is 17.7 Å². The Labute approximate surface area is 162 Å². The zero-order chi connectivity index (χ0) is 18.6. The molecule has 1 N–H and O–H groups in total. The average molecular weight is 411 g/mol. The van der Waals surface area contributed by atoms with E-state index in [-0.39, 0.29) is 16.6 Å². The second kappa shape index (κ2) is 8.43. The molecular formula is C18H19ClN2O3S2. The summed E-state index contributed by atoms with van der Waals surface area (Å²) in [6.07, 6.45) is 1.80. The van der Waals surface area contributed by atoms with E-state index >= 15 is 0 Å². The number of hydrogen-bond donors (Lipinski definition) is 1. The van der Waals surface area contributed by atoms with Gasteiger partial charge in [-0.05, 0) is 49.2 Å². The van der Waals surface area contributed by atoms with Crippen LogP contribution in [0.15, 0.2) is 58.3 Å². The third kappa shape index (κ3) is 4.59. The Morgan fingerprint density at radius 1 is 1.08 bits per heavy atom. The highest BCUT2D eigenvalue weighted by Crippen LogP contribution is 2.27. The molecule has 0 unspecified atom stereocenters. The van der Waals surface area contributed by atoms with Crippen molar-refractivity contribution in [3.05, 3.63) is 53.6 Å². The molecule has 1 amide bonds. The summed E-state index contributed by atoms with van der Waals surface area (Å²) in [6, 6.07) is 13.6. The molecule has 3 rings (SSSR count). The first kappa shape index (κ1) is 19.2. The van der Waals surface area contributed by atoms with E-state index in [1.807, 2.05) is 18.2 Å². The molecule has 0 aromatic heterocycles. The first-order valence-corrected chi connectivity index (χ1v) is 11.0. The van der Waals surface area contributed by atoms with Gasteiger partial charge in [-0.25, -0.2) is 8.42 Å². The third-order valence-corrected chi connectivity index (χ3v) is 7.46. The van der Waals surface area contributed by atoms with Crippen molar-refractivity contribution in [2.24, 2.45) is 0 Å². The van der Waals surface area contributed by atoms with Crippen LogP contribution in [0, 0.1) is 0 Å². The fraction of sp³-hybridized carbons (Fsp3) is 0.278. The van der Waals surface area contributed by atoms with Gasteiger partial charge in [0.25, 0.3) is 0 Å². The molecule has 1 aliphatic rings. The van der Waals surface area contributed by atoms with Crippen LogP contribution in [-0.2, 0) is 14.8 Å². The zero-order valence-corrected chi connectivity index (χ0v) is 16.4. The van der Waals surface area contributed by atoms with Gasteiger partial charge in [0.05, 0.1) is 15.7 Å². The molecule has 0 saturated carbocycles. The predicted molar refractivity (Wildman–Crippen MR) is 105 cm³/mol. The van der Waals surface area contributed by atoms with Crippen molar-refractivity contribution in [2.45, 2.75) is 22.6 Å². The van der Waals surface area contributed by atoms with Crippen molar-refractivity contribution in [3.63, 3.8) is 0 Å². The highest BCUT2D eigenvalue weighted by molar-refractivity contribution is 8.00. The molecule has 1 heterocycles. The van der Waals surface area contributed by atoms with Gasteiger partial charge >= 0.3 is 0 Å². The van der Waals surface area contributed by atoms with E-state index in [2.05, 4.69) is 5.32 Å². The monoisotopic (exact) mass is 410 g/mol. The molecule has 1 fully saturated rings. The van der Waals surface area contributed by atoms with Crippen LogP contribution in [-0.4, -0.2) is 37.5 Å². The molecule has 1 saturated heterocycles. The van der Waals surface area contributed by atoms with E-state index in [9.17, 15) is 13.2 Å². The lowest BCUT2D eigenvalue weighted by Gasteiger charge is -2.15. The summed E-state index contributed by atoms with van der Waals surface area (Å²) in [7, 11) is -3.43. The lowest BCUT2D eigenvalue weighted by molar-refractivity contribution is -0.113. The minimum atomic E-state index is -3.43. The van der Waals surface area contributed by atoms with Gasteiger partial charge in [0.2, 0.25) is 15.9 Å². The van der Waals surface area contributed by atoms with Crippen LogP contribution in [0.4, 0.5) is 5.69 Å². The van der Waals surface area contributed by atoms with Gasteiger partial charge in [0, 0.05) is 23.7 Å². The number of benzene rings is 2. The van der Waals surface area contributed by atoms with Gasteiger partial charge in [-0.15, -0.1) is 11.8 Å². The first-order valence-electron chi connectivity index (χ1n) is 8.24. The summed E-state index contributed by atoms with van der Waals surface area (Å²) >= 11 is 7.42. The topological polar surface area (TPSA) is 66.5 Å². The summed E-state index contributed by atoms with van der Waals surface area (Å²) in [5.74, 6) is 0.0439. The third-order valence-electron chi connectivity index (χ3n) is 4.04. The van der Waals surface area contributed by atoms with Crippen LogP contribution < -0.4 is 5.32 Å². The first-order chi connectivity index (χ1) is 12.5. The van der Waals surface area contributed by atoms with Crippen LogP contribution in [0.1, 0.15) is 12.8 Å². The number of nitrogens with one attached hydrogen (secondary N) is 1. The molecule has 0 radical (unpaired) electrons. The SMILES string of the molecule is O=C(CSc1ccccc1Cl)Nc1ccc(S(=O)(=O)N2CCCC2)cc1. The van der Waals surface area contributed by atoms with E-state index < -0.39 is 10.0 Å². The summed E-state index contributed by atoms with van der Waals surface area (Å²) in [5, 5.41) is 3.38. The van der Waals surface area contributed by atoms with Gasteiger partial charge in [-0.3, -0.25) is 4.79 Å². The summed E-state index contributed by atoms with van der Waals surface area (Å²) in [5.41, 5.74) is 0.565.